The summed E-state index contributed by atoms with van der Waals surface area (Å²) in [4.78, 5) is 25.3. The summed E-state index contributed by atoms with van der Waals surface area (Å²) in [5.74, 6) is -0.0706. The summed E-state index contributed by atoms with van der Waals surface area (Å²) < 4.78 is 12.0. The van der Waals surface area contributed by atoms with Gasteiger partial charge in [0, 0.05) is 16.6 Å². The van der Waals surface area contributed by atoms with E-state index in [1.165, 1.54) is 7.11 Å². The monoisotopic (exact) mass is 385 g/mol. The molecule has 0 unspecified atom stereocenters. The zero-order chi connectivity index (χ0) is 19.6. The van der Waals surface area contributed by atoms with Crippen LogP contribution in [-0.4, -0.2) is 30.2 Å². The summed E-state index contributed by atoms with van der Waals surface area (Å²) >= 11 is 6.54. The van der Waals surface area contributed by atoms with Gasteiger partial charge in [0.05, 0.1) is 30.7 Å². The molecule has 0 fully saturated rings. The Hall–Kier alpha value is -2.79. The van der Waals surface area contributed by atoms with E-state index in [-0.39, 0.29) is 24.9 Å². The number of hydrogen-bond acceptors (Lipinski definition) is 4. The lowest BCUT2D eigenvalue weighted by Gasteiger charge is -2.08. The average molecular weight is 386 g/mol. The van der Waals surface area contributed by atoms with Crippen LogP contribution in [0.1, 0.15) is 28.5 Å². The zero-order valence-electron chi connectivity index (χ0n) is 15.4. The molecular weight excluding hydrogens is 366 g/mol. The molecule has 5 nitrogen and oxygen atoms in total. The standard InChI is InChI=1S/C21H20ClNO4/c1-4-27-18(24)12-15-13(2)23(21(25)14-8-6-5-7-9-14)16-10-11-17(26-3)20(22)19(15)16/h5-11H,4,12H2,1-3H3. The number of fused-ring (bicyclic) bond motifs is 1. The Labute approximate surface area is 162 Å². The van der Waals surface area contributed by atoms with Crippen LogP contribution in [0.15, 0.2) is 42.5 Å². The van der Waals surface area contributed by atoms with E-state index in [1.807, 2.05) is 18.2 Å². The Balaban J connectivity index is 2.25. The van der Waals surface area contributed by atoms with Crippen molar-refractivity contribution in [3.8, 4) is 5.75 Å². The molecule has 0 bridgehead atoms. The Morgan fingerprint density at radius 2 is 1.81 bits per heavy atom. The third kappa shape index (κ3) is 3.43. The first-order valence-corrected chi connectivity index (χ1v) is 8.99. The molecule has 140 valence electrons. The van der Waals surface area contributed by atoms with E-state index < -0.39 is 0 Å². The maximum absolute atomic E-state index is 13.1. The van der Waals surface area contributed by atoms with Crippen molar-refractivity contribution in [1.29, 1.82) is 0 Å². The van der Waals surface area contributed by atoms with Crippen molar-refractivity contribution in [2.45, 2.75) is 20.3 Å². The first-order valence-electron chi connectivity index (χ1n) is 8.61. The molecule has 0 radical (unpaired) electrons. The second-order valence-electron chi connectivity index (χ2n) is 6.03. The van der Waals surface area contributed by atoms with E-state index in [1.54, 1.807) is 42.7 Å². The largest absolute Gasteiger partial charge is 0.495 e. The highest BCUT2D eigenvalue weighted by atomic mass is 35.5. The smallest absolute Gasteiger partial charge is 0.310 e. The van der Waals surface area contributed by atoms with Crippen molar-refractivity contribution in [1.82, 2.24) is 4.57 Å². The second-order valence-corrected chi connectivity index (χ2v) is 6.41. The highest BCUT2D eigenvalue weighted by Crippen LogP contribution is 2.38. The summed E-state index contributed by atoms with van der Waals surface area (Å²) in [5.41, 5.74) is 2.50. The molecule has 0 atom stereocenters. The van der Waals surface area contributed by atoms with Crippen molar-refractivity contribution in [3.63, 3.8) is 0 Å². The Kier molecular flexibility index (Phi) is 5.51. The molecule has 27 heavy (non-hydrogen) atoms. The maximum atomic E-state index is 13.1. The normalized spacial score (nSPS) is 10.8. The number of nitrogens with zero attached hydrogens (tertiary/aromatic N) is 1. The molecule has 0 aliphatic rings. The fraction of sp³-hybridized carbons (Fsp3) is 0.238. The number of carbonyl (C=O) groups is 2. The fourth-order valence-corrected chi connectivity index (χ4v) is 3.57. The summed E-state index contributed by atoms with van der Waals surface area (Å²) in [6.07, 6.45) is 0.0259. The predicted molar refractivity (Wildman–Crippen MR) is 105 cm³/mol. The first kappa shape index (κ1) is 19.0. The van der Waals surface area contributed by atoms with E-state index in [2.05, 4.69) is 0 Å². The van der Waals surface area contributed by atoms with Crippen LogP contribution in [0.5, 0.6) is 5.75 Å². The van der Waals surface area contributed by atoms with E-state index in [9.17, 15) is 9.59 Å². The molecule has 3 aromatic rings. The van der Waals surface area contributed by atoms with Gasteiger partial charge in [0.1, 0.15) is 5.75 Å². The summed E-state index contributed by atoms with van der Waals surface area (Å²) in [7, 11) is 1.52. The molecular formula is C21H20ClNO4. The number of carbonyl (C=O) groups excluding carboxylic acids is 2. The Bertz CT molecular complexity index is 1010. The molecule has 0 aliphatic carbocycles. The number of methoxy groups -OCH3 is 1. The summed E-state index contributed by atoms with van der Waals surface area (Å²) in [6, 6.07) is 12.5. The van der Waals surface area contributed by atoms with Crippen LogP contribution in [0.4, 0.5) is 0 Å². The van der Waals surface area contributed by atoms with Crippen LogP contribution >= 0.6 is 11.6 Å². The number of benzene rings is 2. The molecule has 3 rings (SSSR count). The average Bonchev–Trinajstić information content (AvgIpc) is 2.95. The first-order chi connectivity index (χ1) is 13.0. The third-order valence-corrected chi connectivity index (χ3v) is 4.84. The maximum Gasteiger partial charge on any atom is 0.310 e. The Morgan fingerprint density at radius 3 is 2.44 bits per heavy atom. The lowest BCUT2D eigenvalue weighted by molar-refractivity contribution is -0.142. The second kappa shape index (κ2) is 7.84. The molecule has 0 spiro atoms. The number of esters is 1. The van der Waals surface area contributed by atoms with Crippen molar-refractivity contribution < 1.29 is 19.1 Å². The van der Waals surface area contributed by atoms with E-state index in [4.69, 9.17) is 21.1 Å². The van der Waals surface area contributed by atoms with Crippen LogP contribution in [0.3, 0.4) is 0 Å². The zero-order valence-corrected chi connectivity index (χ0v) is 16.2. The van der Waals surface area contributed by atoms with Gasteiger partial charge in [-0.1, -0.05) is 29.8 Å². The van der Waals surface area contributed by atoms with Gasteiger partial charge in [-0.2, -0.15) is 0 Å². The van der Waals surface area contributed by atoms with Crippen molar-refractivity contribution in [3.05, 3.63) is 64.3 Å². The molecule has 1 aromatic heterocycles. The van der Waals surface area contributed by atoms with Gasteiger partial charge in [0.2, 0.25) is 0 Å². The van der Waals surface area contributed by atoms with Gasteiger partial charge in [-0.25, -0.2) is 0 Å². The molecule has 0 saturated heterocycles. The number of ether oxygens (including phenoxy) is 2. The quantitative estimate of drug-likeness (QED) is 0.610. The van der Waals surface area contributed by atoms with E-state index in [0.29, 0.717) is 38.5 Å². The Morgan fingerprint density at radius 1 is 1.11 bits per heavy atom. The van der Waals surface area contributed by atoms with Crippen molar-refractivity contribution >= 4 is 34.4 Å². The van der Waals surface area contributed by atoms with E-state index >= 15 is 0 Å². The highest BCUT2D eigenvalue weighted by molar-refractivity contribution is 6.37. The van der Waals surface area contributed by atoms with Crippen LogP contribution in [0.25, 0.3) is 10.9 Å². The lowest BCUT2D eigenvalue weighted by atomic mass is 10.1. The van der Waals surface area contributed by atoms with Gasteiger partial charge in [0.15, 0.2) is 0 Å². The van der Waals surface area contributed by atoms with Gasteiger partial charge < -0.3 is 9.47 Å². The number of rotatable bonds is 5. The molecule has 1 heterocycles. The minimum Gasteiger partial charge on any atom is -0.495 e. The van der Waals surface area contributed by atoms with Crippen LogP contribution < -0.4 is 4.74 Å². The van der Waals surface area contributed by atoms with Crippen LogP contribution in [0.2, 0.25) is 5.02 Å². The molecule has 6 heteroatoms. The number of hydrogen-bond donors (Lipinski definition) is 0. The molecule has 0 amide bonds. The topological polar surface area (TPSA) is 57.5 Å². The minimum atomic E-state index is -0.370. The lowest BCUT2D eigenvalue weighted by Crippen LogP contribution is -2.14. The van der Waals surface area contributed by atoms with Crippen LogP contribution in [0, 0.1) is 6.92 Å². The number of halogens is 1. The van der Waals surface area contributed by atoms with Crippen molar-refractivity contribution in [2.24, 2.45) is 0 Å². The summed E-state index contributed by atoms with van der Waals surface area (Å²) in [5, 5.41) is 1.00. The molecule has 0 saturated carbocycles. The van der Waals surface area contributed by atoms with E-state index in [0.717, 1.165) is 0 Å². The van der Waals surface area contributed by atoms with Gasteiger partial charge in [-0.15, -0.1) is 0 Å². The van der Waals surface area contributed by atoms with Gasteiger partial charge in [-0.3, -0.25) is 14.2 Å². The highest BCUT2D eigenvalue weighted by Gasteiger charge is 2.24. The minimum absolute atomic E-state index is 0.0259. The van der Waals surface area contributed by atoms with Gasteiger partial charge in [-0.05, 0) is 43.7 Å². The predicted octanol–water partition coefficient (Wildman–Crippen LogP) is 4.41. The third-order valence-electron chi connectivity index (χ3n) is 4.47. The molecule has 0 aliphatic heterocycles. The number of aromatic nitrogens is 1. The summed E-state index contributed by atoms with van der Waals surface area (Å²) in [6.45, 7) is 3.84. The van der Waals surface area contributed by atoms with Gasteiger partial charge >= 0.3 is 5.97 Å². The van der Waals surface area contributed by atoms with Crippen LogP contribution in [-0.2, 0) is 16.0 Å². The van der Waals surface area contributed by atoms with Gasteiger partial charge in [0.25, 0.3) is 5.91 Å². The SMILES string of the molecule is CCOC(=O)Cc1c(C)n(C(=O)c2ccccc2)c2ccc(OC)c(Cl)c12. The molecule has 0 N–H and O–H groups in total. The fourth-order valence-electron chi connectivity index (χ4n) is 3.22. The molecule has 2 aromatic carbocycles. The van der Waals surface area contributed by atoms with Crippen molar-refractivity contribution in [2.75, 3.05) is 13.7 Å².